The average molecular weight is 261 g/mol. The lowest BCUT2D eigenvalue weighted by Gasteiger charge is -1.94. The number of allylic oxidation sites excluding steroid dienone is 4. The molecule has 0 spiro atoms. The van der Waals surface area contributed by atoms with Gasteiger partial charge in [0.05, 0.1) is 6.61 Å². The lowest BCUT2D eigenvalue weighted by Crippen LogP contribution is -1.88. The highest BCUT2D eigenvalue weighted by atomic mass is 79.9. The van der Waals surface area contributed by atoms with Crippen molar-refractivity contribution in [3.8, 4) is 0 Å². The van der Waals surface area contributed by atoms with Gasteiger partial charge in [0, 0.05) is 18.5 Å². The van der Waals surface area contributed by atoms with Crippen molar-refractivity contribution < 1.29 is 14.6 Å². The molecule has 78 valence electrons. The first-order valence-electron chi connectivity index (χ1n) is 4.03. The Bertz CT molecular complexity index is 254. The van der Waals surface area contributed by atoms with Gasteiger partial charge in [0.15, 0.2) is 0 Å². The minimum Gasteiger partial charge on any atom is -0.478 e. The predicted octanol–water partition coefficient (Wildman–Crippen LogP) is 2.15. The molecule has 0 amide bonds. The van der Waals surface area contributed by atoms with Crippen molar-refractivity contribution in [2.24, 2.45) is 0 Å². The van der Waals surface area contributed by atoms with Gasteiger partial charge in [-0.05, 0) is 11.6 Å². The third-order valence-electron chi connectivity index (χ3n) is 1.30. The number of carbonyl (C=O) groups is 1. The molecule has 0 aromatic carbocycles. The van der Waals surface area contributed by atoms with E-state index >= 15 is 0 Å². The minimum absolute atomic E-state index is 0.464. The van der Waals surface area contributed by atoms with Crippen LogP contribution in [0.5, 0.6) is 0 Å². The van der Waals surface area contributed by atoms with Crippen LogP contribution in [0.1, 0.15) is 0 Å². The maximum Gasteiger partial charge on any atom is 0.328 e. The van der Waals surface area contributed by atoms with Crippen molar-refractivity contribution in [3.05, 3.63) is 36.0 Å². The normalized spacial score (nSPS) is 12.9. The molecule has 0 atom stereocenters. The molecule has 0 heterocycles. The lowest BCUT2D eigenvalue weighted by molar-refractivity contribution is -0.131. The highest BCUT2D eigenvalue weighted by Gasteiger charge is 1.89. The van der Waals surface area contributed by atoms with Gasteiger partial charge in [0.25, 0.3) is 0 Å². The van der Waals surface area contributed by atoms with E-state index in [0.717, 1.165) is 17.0 Å². The van der Waals surface area contributed by atoms with E-state index in [1.807, 2.05) is 12.2 Å². The first-order valence-corrected chi connectivity index (χ1v) is 5.15. The molecular formula is C10H13BrO3. The lowest BCUT2D eigenvalue weighted by atomic mass is 10.2. The van der Waals surface area contributed by atoms with Crippen LogP contribution in [0, 0.1) is 0 Å². The summed E-state index contributed by atoms with van der Waals surface area (Å²) >= 11 is 3.24. The third kappa shape index (κ3) is 7.76. The molecule has 0 rings (SSSR count). The standard InChI is InChI=1S/C10H13BrO3/c1-14-8-6-9(3-2-7-11)4-5-10(12)13/h2-6H,7-8H2,1H3,(H,12,13)/b3-2-,5-4+,9-6+. The fourth-order valence-corrected chi connectivity index (χ4v) is 0.906. The van der Waals surface area contributed by atoms with Crippen LogP contribution in [0.15, 0.2) is 36.0 Å². The molecule has 0 aromatic heterocycles. The van der Waals surface area contributed by atoms with Crippen LogP contribution in [0.25, 0.3) is 0 Å². The molecule has 0 unspecified atom stereocenters. The summed E-state index contributed by atoms with van der Waals surface area (Å²) in [6, 6.07) is 0. The molecule has 0 bridgehead atoms. The van der Waals surface area contributed by atoms with Crippen LogP contribution in [-0.2, 0) is 9.53 Å². The molecular weight excluding hydrogens is 248 g/mol. The van der Waals surface area contributed by atoms with Gasteiger partial charge >= 0.3 is 5.97 Å². The van der Waals surface area contributed by atoms with Crippen LogP contribution < -0.4 is 0 Å². The van der Waals surface area contributed by atoms with E-state index in [9.17, 15) is 4.79 Å². The maximum atomic E-state index is 10.3. The zero-order chi connectivity index (χ0) is 10.8. The minimum atomic E-state index is -0.958. The second kappa shape index (κ2) is 8.72. The Morgan fingerprint density at radius 3 is 2.64 bits per heavy atom. The number of halogens is 1. The smallest absolute Gasteiger partial charge is 0.328 e. The molecule has 0 aliphatic heterocycles. The summed E-state index contributed by atoms with van der Waals surface area (Å²) in [4.78, 5) is 10.3. The molecule has 1 N–H and O–H groups in total. The van der Waals surface area contributed by atoms with Crippen molar-refractivity contribution in [3.63, 3.8) is 0 Å². The highest BCUT2D eigenvalue weighted by molar-refractivity contribution is 9.09. The van der Waals surface area contributed by atoms with Crippen LogP contribution in [0.3, 0.4) is 0 Å². The van der Waals surface area contributed by atoms with Gasteiger partial charge in [-0.15, -0.1) is 0 Å². The topological polar surface area (TPSA) is 46.5 Å². The Hall–Kier alpha value is -0.870. The van der Waals surface area contributed by atoms with Gasteiger partial charge in [-0.2, -0.15) is 0 Å². The third-order valence-corrected chi connectivity index (χ3v) is 1.68. The van der Waals surface area contributed by atoms with Gasteiger partial charge < -0.3 is 9.84 Å². The first kappa shape index (κ1) is 13.1. The number of hydrogen-bond donors (Lipinski definition) is 1. The number of rotatable bonds is 6. The average Bonchev–Trinajstić information content (AvgIpc) is 2.16. The first-order chi connectivity index (χ1) is 6.70. The monoisotopic (exact) mass is 260 g/mol. The Morgan fingerprint density at radius 2 is 2.14 bits per heavy atom. The number of methoxy groups -OCH3 is 1. The summed E-state index contributed by atoms with van der Waals surface area (Å²) in [7, 11) is 1.59. The number of carboxylic acid groups (broad SMARTS) is 1. The van der Waals surface area contributed by atoms with E-state index in [2.05, 4.69) is 15.9 Å². The molecule has 0 aliphatic carbocycles. The molecule has 0 radical (unpaired) electrons. The summed E-state index contributed by atoms with van der Waals surface area (Å²) in [6.45, 7) is 0.464. The number of ether oxygens (including phenoxy) is 1. The van der Waals surface area contributed by atoms with Crippen LogP contribution in [-0.4, -0.2) is 30.1 Å². The summed E-state index contributed by atoms with van der Waals surface area (Å²) in [6.07, 6.45) is 8.14. The van der Waals surface area contributed by atoms with E-state index in [-0.39, 0.29) is 0 Å². The zero-order valence-electron chi connectivity index (χ0n) is 7.94. The second-order valence-corrected chi connectivity index (χ2v) is 3.04. The summed E-state index contributed by atoms with van der Waals surface area (Å²) in [5.41, 5.74) is 0.814. The SMILES string of the molecule is COC/C=C(\C=C/CBr)/C=C/C(=O)O. The van der Waals surface area contributed by atoms with E-state index in [4.69, 9.17) is 9.84 Å². The van der Waals surface area contributed by atoms with Gasteiger partial charge in [-0.3, -0.25) is 0 Å². The van der Waals surface area contributed by atoms with E-state index in [0.29, 0.717) is 6.61 Å². The highest BCUT2D eigenvalue weighted by Crippen LogP contribution is 2.00. The van der Waals surface area contributed by atoms with Crippen molar-refractivity contribution in [1.82, 2.24) is 0 Å². The maximum absolute atomic E-state index is 10.3. The molecule has 0 saturated heterocycles. The molecule has 0 fully saturated rings. The number of aliphatic carboxylic acids is 1. The van der Waals surface area contributed by atoms with Gasteiger partial charge in [0.1, 0.15) is 0 Å². The number of carboxylic acids is 1. The van der Waals surface area contributed by atoms with E-state index in [1.165, 1.54) is 6.08 Å². The molecule has 3 nitrogen and oxygen atoms in total. The summed E-state index contributed by atoms with van der Waals surface area (Å²) < 4.78 is 4.86. The van der Waals surface area contributed by atoms with Crippen molar-refractivity contribution in [2.75, 3.05) is 19.0 Å². The molecule has 0 saturated carbocycles. The number of hydrogen-bond acceptors (Lipinski definition) is 2. The number of alkyl halides is 1. The van der Waals surface area contributed by atoms with Crippen molar-refractivity contribution in [1.29, 1.82) is 0 Å². The predicted molar refractivity (Wildman–Crippen MR) is 59.7 cm³/mol. The Labute approximate surface area is 91.9 Å². The van der Waals surface area contributed by atoms with E-state index < -0.39 is 5.97 Å². The van der Waals surface area contributed by atoms with Gasteiger partial charge in [0.2, 0.25) is 0 Å². The van der Waals surface area contributed by atoms with Crippen LogP contribution in [0.4, 0.5) is 0 Å². The second-order valence-electron chi connectivity index (χ2n) is 2.39. The van der Waals surface area contributed by atoms with Gasteiger partial charge in [-0.1, -0.05) is 34.2 Å². The van der Waals surface area contributed by atoms with Gasteiger partial charge in [-0.25, -0.2) is 4.79 Å². The Morgan fingerprint density at radius 1 is 1.43 bits per heavy atom. The molecule has 4 heteroatoms. The van der Waals surface area contributed by atoms with Crippen molar-refractivity contribution in [2.45, 2.75) is 0 Å². The fraction of sp³-hybridized carbons (Fsp3) is 0.300. The largest absolute Gasteiger partial charge is 0.478 e. The zero-order valence-corrected chi connectivity index (χ0v) is 9.53. The fourth-order valence-electron chi connectivity index (χ4n) is 0.719. The molecule has 0 aliphatic rings. The Balaban J connectivity index is 4.39. The molecule has 14 heavy (non-hydrogen) atoms. The summed E-state index contributed by atoms with van der Waals surface area (Å²) in [5.74, 6) is -0.958. The Kier molecular flexibility index (Phi) is 8.17. The quantitative estimate of drug-likeness (QED) is 0.452. The van der Waals surface area contributed by atoms with Crippen molar-refractivity contribution >= 4 is 21.9 Å². The summed E-state index contributed by atoms with van der Waals surface area (Å²) in [5, 5.41) is 9.17. The van der Waals surface area contributed by atoms with E-state index in [1.54, 1.807) is 13.2 Å². The molecule has 0 aromatic rings. The van der Waals surface area contributed by atoms with Crippen LogP contribution >= 0.6 is 15.9 Å². The van der Waals surface area contributed by atoms with Crippen LogP contribution in [0.2, 0.25) is 0 Å².